The first-order valence-electron chi connectivity index (χ1n) is 4.97. The summed E-state index contributed by atoms with van der Waals surface area (Å²) >= 11 is 0. The Morgan fingerprint density at radius 1 is 1.20 bits per heavy atom. The van der Waals surface area contributed by atoms with Gasteiger partial charge in [0.1, 0.15) is 0 Å². The third-order valence-corrected chi connectivity index (χ3v) is 2.29. The molecular formula is C8H22NO5P. The highest BCUT2D eigenvalue weighted by molar-refractivity contribution is 7.47. The zero-order chi connectivity index (χ0) is 12.2. The summed E-state index contributed by atoms with van der Waals surface area (Å²) in [6, 6.07) is 0. The number of likely N-dealkylation sites (N-methyl/N-ethyl adjacent to an activating group) is 1. The molecule has 0 aliphatic rings. The predicted octanol–water partition coefficient (Wildman–Crippen LogP) is 0.748. The number of aliphatic hydroxyl groups excluding tert-OH is 1. The molecule has 0 heterocycles. The normalized spacial score (nSPS) is 10.7. The summed E-state index contributed by atoms with van der Waals surface area (Å²) in [4.78, 5) is 8.63. The van der Waals surface area contributed by atoms with Gasteiger partial charge in [0.2, 0.25) is 0 Å². The lowest BCUT2D eigenvalue weighted by atomic mass is 10.6. The average molecular weight is 243 g/mol. The Kier molecular flexibility index (Phi) is 14.1. The molecule has 0 aromatic rings. The van der Waals surface area contributed by atoms with E-state index in [1.807, 2.05) is 6.92 Å². The van der Waals surface area contributed by atoms with Crippen molar-refractivity contribution in [2.75, 3.05) is 32.9 Å². The number of nitrogens with one attached hydrogen (secondary N) is 1. The van der Waals surface area contributed by atoms with Gasteiger partial charge < -0.3 is 15.3 Å². The topological polar surface area (TPSA) is 88.0 Å². The van der Waals surface area contributed by atoms with Crippen molar-refractivity contribution < 1.29 is 23.6 Å². The number of aliphatic hydroxyl groups is 1. The van der Waals surface area contributed by atoms with E-state index in [0.717, 1.165) is 13.1 Å². The standard InChI is InChI=1S/C4H11NO.C4H11O4P/c1-2-5-3-4-6;1-3-7-9(5,6)8-4-2/h5-6H,2-4H2,1H3;3-4H2,1-2H3,(H,5,6). The molecule has 0 aliphatic carbocycles. The first-order chi connectivity index (χ1) is 7.04. The van der Waals surface area contributed by atoms with Gasteiger partial charge in [-0.15, -0.1) is 0 Å². The van der Waals surface area contributed by atoms with Crippen LogP contribution in [-0.4, -0.2) is 42.9 Å². The van der Waals surface area contributed by atoms with Crippen LogP contribution in [0.2, 0.25) is 0 Å². The molecule has 0 spiro atoms. The van der Waals surface area contributed by atoms with Crippen LogP contribution in [0.25, 0.3) is 0 Å². The molecule has 6 nitrogen and oxygen atoms in total. The van der Waals surface area contributed by atoms with Crippen molar-refractivity contribution in [1.29, 1.82) is 0 Å². The minimum Gasteiger partial charge on any atom is -0.395 e. The van der Waals surface area contributed by atoms with Gasteiger partial charge in [-0.1, -0.05) is 6.92 Å². The summed E-state index contributed by atoms with van der Waals surface area (Å²) in [5, 5.41) is 11.1. The van der Waals surface area contributed by atoms with E-state index in [1.165, 1.54) is 0 Å². The summed E-state index contributed by atoms with van der Waals surface area (Å²) < 4.78 is 19.2. The molecule has 0 aromatic carbocycles. The second-order valence-corrected chi connectivity index (χ2v) is 3.83. The van der Waals surface area contributed by atoms with Gasteiger partial charge in [-0.05, 0) is 20.4 Å². The minimum absolute atomic E-state index is 0.188. The van der Waals surface area contributed by atoms with Crippen LogP contribution in [0.15, 0.2) is 0 Å². The Balaban J connectivity index is 0. The molecule has 0 aromatic heterocycles. The molecule has 3 N–H and O–H groups in total. The highest BCUT2D eigenvalue weighted by Gasteiger charge is 2.17. The summed E-state index contributed by atoms with van der Waals surface area (Å²) in [7, 11) is -3.69. The largest absolute Gasteiger partial charge is 0.472 e. The Labute approximate surface area is 91.2 Å². The first-order valence-corrected chi connectivity index (χ1v) is 6.47. The second kappa shape index (κ2) is 12.1. The van der Waals surface area contributed by atoms with Gasteiger partial charge in [0.05, 0.1) is 19.8 Å². The van der Waals surface area contributed by atoms with Crippen molar-refractivity contribution in [3.63, 3.8) is 0 Å². The Bertz CT molecular complexity index is 153. The lowest BCUT2D eigenvalue weighted by molar-refractivity contribution is 0.161. The number of hydrogen-bond donors (Lipinski definition) is 3. The van der Waals surface area contributed by atoms with Crippen LogP contribution >= 0.6 is 7.82 Å². The number of hydrogen-bond acceptors (Lipinski definition) is 5. The molecule has 0 unspecified atom stereocenters. The summed E-state index contributed by atoms with van der Waals surface area (Å²) in [6.45, 7) is 7.55. The van der Waals surface area contributed by atoms with Crippen LogP contribution < -0.4 is 5.32 Å². The fraction of sp³-hybridized carbons (Fsp3) is 1.00. The third-order valence-electron chi connectivity index (χ3n) is 1.12. The molecule has 7 heteroatoms. The fourth-order valence-electron chi connectivity index (χ4n) is 0.619. The van der Waals surface area contributed by atoms with Crippen LogP contribution in [0.5, 0.6) is 0 Å². The van der Waals surface area contributed by atoms with Crippen LogP contribution in [0, 0.1) is 0 Å². The minimum atomic E-state index is -3.69. The molecule has 0 saturated carbocycles. The molecule has 0 amide bonds. The zero-order valence-corrected chi connectivity index (χ0v) is 10.5. The molecule has 0 aliphatic heterocycles. The smallest absolute Gasteiger partial charge is 0.395 e. The van der Waals surface area contributed by atoms with Gasteiger partial charge in [0.15, 0.2) is 0 Å². The maximum Gasteiger partial charge on any atom is 0.472 e. The van der Waals surface area contributed by atoms with Gasteiger partial charge in [0, 0.05) is 6.54 Å². The molecule has 0 rings (SSSR count). The summed E-state index contributed by atoms with van der Waals surface area (Å²) in [6.07, 6.45) is 0. The van der Waals surface area contributed by atoms with Crippen molar-refractivity contribution in [2.24, 2.45) is 0 Å². The number of phosphoric acid groups is 1. The molecule has 94 valence electrons. The lowest BCUT2D eigenvalue weighted by Crippen LogP contribution is -2.16. The highest BCUT2D eigenvalue weighted by atomic mass is 31.2. The van der Waals surface area contributed by atoms with E-state index in [2.05, 4.69) is 14.4 Å². The molecule has 0 saturated heterocycles. The Hall–Kier alpha value is 0.0300. The quantitative estimate of drug-likeness (QED) is 0.451. The van der Waals surface area contributed by atoms with Crippen LogP contribution in [0.1, 0.15) is 20.8 Å². The summed E-state index contributed by atoms with van der Waals surface area (Å²) in [5.41, 5.74) is 0. The first kappa shape index (κ1) is 17.4. The lowest BCUT2D eigenvalue weighted by Gasteiger charge is -2.07. The van der Waals surface area contributed by atoms with Crippen molar-refractivity contribution >= 4 is 7.82 Å². The fourth-order valence-corrected chi connectivity index (χ4v) is 1.35. The van der Waals surface area contributed by atoms with Gasteiger partial charge in [-0.3, -0.25) is 9.05 Å². The molecule has 0 bridgehead atoms. The average Bonchev–Trinajstić information content (AvgIpc) is 2.15. The number of rotatable bonds is 7. The van der Waals surface area contributed by atoms with Crippen LogP contribution in [0.3, 0.4) is 0 Å². The maximum atomic E-state index is 10.5. The third kappa shape index (κ3) is 16.7. The van der Waals surface area contributed by atoms with Crippen molar-refractivity contribution in [3.05, 3.63) is 0 Å². The maximum absolute atomic E-state index is 10.5. The Morgan fingerprint density at radius 2 is 1.67 bits per heavy atom. The molecular weight excluding hydrogens is 221 g/mol. The molecule has 0 fully saturated rings. The van der Waals surface area contributed by atoms with E-state index < -0.39 is 7.82 Å². The summed E-state index contributed by atoms with van der Waals surface area (Å²) in [5.74, 6) is 0. The van der Waals surface area contributed by atoms with Gasteiger partial charge >= 0.3 is 7.82 Å². The molecule has 0 radical (unpaired) electrons. The Morgan fingerprint density at radius 3 is 1.87 bits per heavy atom. The van der Waals surface area contributed by atoms with Crippen LogP contribution in [-0.2, 0) is 13.6 Å². The van der Waals surface area contributed by atoms with Crippen molar-refractivity contribution in [2.45, 2.75) is 20.8 Å². The van der Waals surface area contributed by atoms with E-state index in [4.69, 9.17) is 10.00 Å². The second-order valence-electron chi connectivity index (χ2n) is 2.38. The predicted molar refractivity (Wildman–Crippen MR) is 58.7 cm³/mol. The van der Waals surface area contributed by atoms with Gasteiger partial charge in [0.25, 0.3) is 0 Å². The van der Waals surface area contributed by atoms with E-state index >= 15 is 0 Å². The number of phosphoric ester groups is 1. The van der Waals surface area contributed by atoms with Crippen molar-refractivity contribution in [3.8, 4) is 0 Å². The zero-order valence-electron chi connectivity index (χ0n) is 9.60. The van der Waals surface area contributed by atoms with Gasteiger partial charge in [-0.25, -0.2) is 4.57 Å². The van der Waals surface area contributed by atoms with Crippen LogP contribution in [0.4, 0.5) is 0 Å². The monoisotopic (exact) mass is 243 g/mol. The van der Waals surface area contributed by atoms with Gasteiger partial charge in [-0.2, -0.15) is 0 Å². The SMILES string of the molecule is CCNCCO.CCOP(=O)(O)OCC. The molecule has 15 heavy (non-hydrogen) atoms. The van der Waals surface area contributed by atoms with E-state index in [9.17, 15) is 4.57 Å². The van der Waals surface area contributed by atoms with E-state index in [1.54, 1.807) is 13.8 Å². The van der Waals surface area contributed by atoms with E-state index in [0.29, 0.717) is 0 Å². The van der Waals surface area contributed by atoms with Crippen molar-refractivity contribution in [1.82, 2.24) is 5.32 Å². The molecule has 0 atom stereocenters. The highest BCUT2D eigenvalue weighted by Crippen LogP contribution is 2.42. The van der Waals surface area contributed by atoms with E-state index in [-0.39, 0.29) is 19.8 Å².